The van der Waals surface area contributed by atoms with Crippen LogP contribution in [0.2, 0.25) is 5.02 Å². The number of amides is 1. The van der Waals surface area contributed by atoms with Crippen LogP contribution in [-0.4, -0.2) is 28.8 Å². The first-order valence-electron chi connectivity index (χ1n) is 5.22. The van der Waals surface area contributed by atoms with Gasteiger partial charge in [-0.25, -0.2) is 0 Å². The summed E-state index contributed by atoms with van der Waals surface area (Å²) in [4.78, 5) is 23.9. The van der Waals surface area contributed by atoms with Crippen LogP contribution in [0.1, 0.15) is 23.2 Å². The minimum atomic E-state index is -0.615. The molecule has 1 aromatic carbocycles. The Bertz CT molecular complexity index is 486. The molecule has 0 unspecified atom stereocenters. The highest BCUT2D eigenvalue weighted by atomic mass is 35.5. The van der Waals surface area contributed by atoms with Gasteiger partial charge in [-0.05, 0) is 25.0 Å². The molecule has 0 saturated heterocycles. The number of carbonyl (C=O) groups is 1. The zero-order valence-corrected chi connectivity index (χ0v) is 9.98. The third-order valence-electron chi connectivity index (χ3n) is 2.81. The quantitative estimate of drug-likeness (QED) is 0.615. The molecule has 0 aromatic heterocycles. The lowest BCUT2D eigenvalue weighted by Gasteiger charge is -2.16. The van der Waals surface area contributed by atoms with Crippen molar-refractivity contribution >= 4 is 23.2 Å². The Morgan fingerprint density at radius 1 is 1.53 bits per heavy atom. The van der Waals surface area contributed by atoms with E-state index in [9.17, 15) is 14.9 Å². The Balaban J connectivity index is 2.40. The average Bonchev–Trinajstić information content (AvgIpc) is 3.10. The van der Waals surface area contributed by atoms with Gasteiger partial charge >= 0.3 is 5.69 Å². The summed E-state index contributed by atoms with van der Waals surface area (Å²) >= 11 is 5.76. The maximum absolute atomic E-state index is 12.1. The second-order valence-electron chi connectivity index (χ2n) is 4.04. The average molecular weight is 255 g/mol. The third-order valence-corrected chi connectivity index (χ3v) is 3.12. The Morgan fingerprint density at radius 3 is 2.71 bits per heavy atom. The van der Waals surface area contributed by atoms with Gasteiger partial charge in [0.25, 0.3) is 5.91 Å². The van der Waals surface area contributed by atoms with Gasteiger partial charge in [-0.3, -0.25) is 14.9 Å². The zero-order chi connectivity index (χ0) is 12.6. The van der Waals surface area contributed by atoms with E-state index in [1.165, 1.54) is 12.1 Å². The summed E-state index contributed by atoms with van der Waals surface area (Å²) in [5.41, 5.74) is -0.261. The molecule has 6 heteroatoms. The molecule has 0 bridgehead atoms. The van der Waals surface area contributed by atoms with Crippen molar-refractivity contribution in [3.63, 3.8) is 0 Å². The van der Waals surface area contributed by atoms with Gasteiger partial charge in [-0.1, -0.05) is 17.7 Å². The van der Waals surface area contributed by atoms with Gasteiger partial charge in [-0.15, -0.1) is 0 Å². The number of para-hydroxylation sites is 1. The lowest BCUT2D eigenvalue weighted by atomic mass is 10.1. The maximum atomic E-state index is 12.1. The number of benzene rings is 1. The molecule has 1 amide bonds. The lowest BCUT2D eigenvalue weighted by molar-refractivity contribution is -0.385. The van der Waals surface area contributed by atoms with Crippen LogP contribution in [-0.2, 0) is 0 Å². The Kier molecular flexibility index (Phi) is 3.02. The highest BCUT2D eigenvalue weighted by molar-refractivity contribution is 6.33. The fourth-order valence-electron chi connectivity index (χ4n) is 1.69. The number of nitro groups is 1. The van der Waals surface area contributed by atoms with Crippen molar-refractivity contribution in [3.8, 4) is 0 Å². The number of carbonyl (C=O) groups excluding carboxylic acids is 1. The second kappa shape index (κ2) is 4.33. The molecule has 1 fully saturated rings. The normalized spacial score (nSPS) is 14.5. The van der Waals surface area contributed by atoms with Crippen LogP contribution in [0.25, 0.3) is 0 Å². The predicted octanol–water partition coefficient (Wildman–Crippen LogP) is 2.48. The molecule has 5 nitrogen and oxygen atoms in total. The number of rotatable bonds is 3. The SMILES string of the molecule is CN(C(=O)c1cccc(Cl)c1[N+](=O)[O-])C1CC1. The summed E-state index contributed by atoms with van der Waals surface area (Å²) in [5, 5.41) is 10.9. The number of halogens is 1. The van der Waals surface area contributed by atoms with Gasteiger partial charge in [-0.2, -0.15) is 0 Å². The first-order chi connectivity index (χ1) is 8.02. The van der Waals surface area contributed by atoms with Gasteiger partial charge in [0.15, 0.2) is 0 Å². The van der Waals surface area contributed by atoms with Crippen LogP contribution >= 0.6 is 11.6 Å². The molecule has 0 aliphatic heterocycles. The summed E-state index contributed by atoms with van der Waals surface area (Å²) in [5.74, 6) is -0.346. The lowest BCUT2D eigenvalue weighted by Crippen LogP contribution is -2.29. The largest absolute Gasteiger partial charge is 0.339 e. The smallest absolute Gasteiger partial charge is 0.300 e. The standard InChI is InChI=1S/C11H11ClN2O3/c1-13(7-5-6-7)11(15)8-3-2-4-9(12)10(8)14(16)17/h2-4,7H,5-6H2,1H3. The molecule has 1 aliphatic rings. The highest BCUT2D eigenvalue weighted by Gasteiger charge is 2.33. The van der Waals surface area contributed by atoms with Gasteiger partial charge in [0.1, 0.15) is 10.6 Å². The minimum Gasteiger partial charge on any atom is -0.339 e. The van der Waals surface area contributed by atoms with Crippen LogP contribution in [0.15, 0.2) is 18.2 Å². The van der Waals surface area contributed by atoms with E-state index in [0.29, 0.717) is 0 Å². The minimum absolute atomic E-state index is 0.00922. The summed E-state index contributed by atoms with van der Waals surface area (Å²) in [6.45, 7) is 0. The number of nitrogens with zero attached hydrogens (tertiary/aromatic N) is 2. The molecule has 0 N–H and O–H groups in total. The van der Waals surface area contributed by atoms with Gasteiger partial charge < -0.3 is 4.90 Å². The van der Waals surface area contributed by atoms with Gasteiger partial charge in [0, 0.05) is 13.1 Å². The molecule has 17 heavy (non-hydrogen) atoms. The maximum Gasteiger partial charge on any atom is 0.300 e. The monoisotopic (exact) mass is 254 g/mol. The molecule has 0 atom stereocenters. The number of nitro benzene ring substituents is 1. The van der Waals surface area contributed by atoms with E-state index in [1.54, 1.807) is 18.0 Å². The molecule has 0 spiro atoms. The molecule has 1 aromatic rings. The van der Waals surface area contributed by atoms with Crippen molar-refractivity contribution in [1.29, 1.82) is 0 Å². The Morgan fingerprint density at radius 2 is 2.18 bits per heavy atom. The van der Waals surface area contributed by atoms with Crippen molar-refractivity contribution in [2.45, 2.75) is 18.9 Å². The van der Waals surface area contributed by atoms with Crippen molar-refractivity contribution < 1.29 is 9.72 Å². The van der Waals surface area contributed by atoms with E-state index in [1.807, 2.05) is 0 Å². The summed E-state index contributed by atoms with van der Waals surface area (Å²) in [6, 6.07) is 4.60. The Hall–Kier alpha value is -1.62. The fraction of sp³-hybridized carbons (Fsp3) is 0.364. The molecular weight excluding hydrogens is 244 g/mol. The first-order valence-corrected chi connectivity index (χ1v) is 5.60. The molecular formula is C11H11ClN2O3. The van der Waals surface area contributed by atoms with Crippen molar-refractivity contribution in [1.82, 2.24) is 4.90 Å². The summed E-state index contributed by atoms with van der Waals surface area (Å²) in [7, 11) is 1.66. The summed E-state index contributed by atoms with van der Waals surface area (Å²) in [6.07, 6.45) is 1.91. The van der Waals surface area contributed by atoms with E-state index in [0.717, 1.165) is 12.8 Å². The molecule has 1 saturated carbocycles. The molecule has 0 radical (unpaired) electrons. The van der Waals surface area contributed by atoms with Crippen molar-refractivity contribution in [2.75, 3.05) is 7.05 Å². The van der Waals surface area contributed by atoms with Crippen LogP contribution < -0.4 is 0 Å². The topological polar surface area (TPSA) is 63.5 Å². The van der Waals surface area contributed by atoms with E-state index < -0.39 is 4.92 Å². The van der Waals surface area contributed by atoms with E-state index >= 15 is 0 Å². The van der Waals surface area contributed by atoms with Gasteiger partial charge in [0.2, 0.25) is 0 Å². The first kappa shape index (κ1) is 11.9. The van der Waals surface area contributed by atoms with Crippen molar-refractivity contribution in [3.05, 3.63) is 38.9 Å². The van der Waals surface area contributed by atoms with Crippen LogP contribution in [0.5, 0.6) is 0 Å². The van der Waals surface area contributed by atoms with E-state index in [2.05, 4.69) is 0 Å². The van der Waals surface area contributed by atoms with E-state index in [-0.39, 0.29) is 28.2 Å². The number of hydrogen-bond acceptors (Lipinski definition) is 3. The summed E-state index contributed by atoms with van der Waals surface area (Å²) < 4.78 is 0. The van der Waals surface area contributed by atoms with Gasteiger partial charge in [0.05, 0.1) is 4.92 Å². The van der Waals surface area contributed by atoms with Crippen molar-refractivity contribution in [2.24, 2.45) is 0 Å². The molecule has 2 rings (SSSR count). The highest BCUT2D eigenvalue weighted by Crippen LogP contribution is 2.32. The second-order valence-corrected chi connectivity index (χ2v) is 4.45. The predicted molar refractivity (Wildman–Crippen MR) is 63.2 cm³/mol. The zero-order valence-electron chi connectivity index (χ0n) is 9.22. The molecule has 0 heterocycles. The van der Waals surface area contributed by atoms with Crippen LogP contribution in [0.3, 0.4) is 0 Å². The van der Waals surface area contributed by atoms with Crippen LogP contribution in [0.4, 0.5) is 5.69 Å². The molecule has 90 valence electrons. The van der Waals surface area contributed by atoms with Crippen LogP contribution in [0, 0.1) is 10.1 Å². The fourth-order valence-corrected chi connectivity index (χ4v) is 1.93. The number of hydrogen-bond donors (Lipinski definition) is 0. The Labute approximate surface area is 103 Å². The van der Waals surface area contributed by atoms with E-state index in [4.69, 9.17) is 11.6 Å². The molecule has 1 aliphatic carbocycles. The third kappa shape index (κ3) is 2.24.